The summed E-state index contributed by atoms with van der Waals surface area (Å²) in [5.74, 6) is -0.431. The van der Waals surface area contributed by atoms with E-state index < -0.39 is 30.7 Å². The van der Waals surface area contributed by atoms with Gasteiger partial charge in [-0.3, -0.25) is 0 Å². The molecule has 0 aromatic heterocycles. The Bertz CT molecular complexity index is 418. The van der Waals surface area contributed by atoms with Gasteiger partial charge >= 0.3 is 103 Å². The van der Waals surface area contributed by atoms with Crippen LogP contribution in [0.1, 0.15) is 12.8 Å². The number of aliphatic hydroxyl groups is 1. The van der Waals surface area contributed by atoms with Crippen LogP contribution in [0, 0.1) is 0 Å². The monoisotopic (exact) mass is 302 g/mol. The number of cyclic esters (lactones) is 1. The zero-order valence-corrected chi connectivity index (χ0v) is 11.0. The van der Waals surface area contributed by atoms with Gasteiger partial charge in [0, 0.05) is 0 Å². The van der Waals surface area contributed by atoms with E-state index in [0.717, 1.165) is 4.46 Å². The van der Waals surface area contributed by atoms with Crippen molar-refractivity contribution in [1.29, 1.82) is 0 Å². The third-order valence-corrected chi connectivity index (χ3v) is 6.26. The second-order valence-corrected chi connectivity index (χ2v) is 7.35. The van der Waals surface area contributed by atoms with Crippen LogP contribution < -0.4 is 4.46 Å². The van der Waals surface area contributed by atoms with Crippen LogP contribution in [0.2, 0.25) is 4.82 Å². The molecule has 17 heavy (non-hydrogen) atoms. The number of carbonyl (C=O) groups excluding carboxylic acids is 1. The first-order valence-electron chi connectivity index (χ1n) is 5.49. The predicted octanol–water partition coefficient (Wildman–Crippen LogP) is 0.384. The van der Waals surface area contributed by atoms with Crippen molar-refractivity contribution >= 4 is 24.3 Å². The third kappa shape index (κ3) is 2.80. The van der Waals surface area contributed by atoms with Gasteiger partial charge in [0.2, 0.25) is 0 Å². The molecule has 1 N–H and O–H groups in total. The number of aliphatic hydroxyl groups excluding tert-OH is 1. The molecule has 1 heterocycles. The summed E-state index contributed by atoms with van der Waals surface area (Å²) in [6.07, 6.45) is 0.697. The summed E-state index contributed by atoms with van der Waals surface area (Å²) in [5, 5.41) is 8.91. The summed E-state index contributed by atoms with van der Waals surface area (Å²) in [4.78, 5) is 11.2. The molecule has 1 saturated heterocycles. The van der Waals surface area contributed by atoms with E-state index in [1.165, 1.54) is 0 Å². The van der Waals surface area contributed by atoms with Crippen molar-refractivity contribution in [3.05, 3.63) is 30.3 Å². The number of hydrogen-bond donors (Lipinski definition) is 1. The van der Waals surface area contributed by atoms with Crippen molar-refractivity contribution in [1.82, 2.24) is 0 Å². The van der Waals surface area contributed by atoms with E-state index in [-0.39, 0.29) is 6.61 Å². The number of benzene rings is 1. The van der Waals surface area contributed by atoms with Gasteiger partial charge in [0.05, 0.1) is 0 Å². The van der Waals surface area contributed by atoms with Crippen molar-refractivity contribution in [2.24, 2.45) is 0 Å². The Morgan fingerprint density at radius 3 is 2.59 bits per heavy atom. The first kappa shape index (κ1) is 12.4. The molecule has 1 fully saturated rings. The molecule has 0 amide bonds. The Hall–Kier alpha value is -1.03. The van der Waals surface area contributed by atoms with Gasteiger partial charge in [0.25, 0.3) is 0 Å². The summed E-state index contributed by atoms with van der Waals surface area (Å²) < 4.78 is 18.0. The zero-order valence-electron chi connectivity index (χ0n) is 9.24. The fourth-order valence-electron chi connectivity index (χ4n) is 1.80. The topological polar surface area (TPSA) is 63.6 Å². The number of rotatable bonds is 3. The van der Waals surface area contributed by atoms with E-state index in [2.05, 4.69) is 0 Å². The van der Waals surface area contributed by atoms with Gasteiger partial charge in [0.1, 0.15) is 0 Å². The number of hydrogen-bond acceptors (Lipinski definition) is 4. The predicted molar refractivity (Wildman–Crippen MR) is 62.5 cm³/mol. The molecule has 3 atom stereocenters. The Morgan fingerprint density at radius 1 is 1.29 bits per heavy atom. The van der Waals surface area contributed by atoms with E-state index in [4.69, 9.17) is 9.84 Å². The van der Waals surface area contributed by atoms with E-state index in [1.807, 2.05) is 18.2 Å². The summed E-state index contributed by atoms with van der Waals surface area (Å²) in [6, 6.07) is 9.04. The minimum atomic E-state index is -2.40. The summed E-state index contributed by atoms with van der Waals surface area (Å²) in [6.45, 7) is -0.159. The molecule has 1 aromatic carbocycles. The second kappa shape index (κ2) is 5.54. The Balaban J connectivity index is 2.09. The van der Waals surface area contributed by atoms with Crippen LogP contribution in [0.25, 0.3) is 0 Å². The zero-order chi connectivity index (χ0) is 12.3. The van der Waals surface area contributed by atoms with Gasteiger partial charge < -0.3 is 0 Å². The molecule has 4 nitrogen and oxygen atoms in total. The Labute approximate surface area is 104 Å². The fourth-order valence-corrected chi connectivity index (χ4v) is 4.60. The molecule has 0 bridgehead atoms. The number of carbonyl (C=O) groups is 1. The second-order valence-electron chi connectivity index (χ2n) is 3.92. The Kier molecular flexibility index (Phi) is 4.05. The van der Waals surface area contributed by atoms with Crippen LogP contribution in [0.5, 0.6) is 0 Å². The number of ether oxygens (including phenoxy) is 1. The standard InChI is InChI=1S/C12H14O4Se/c13-8-9-6-7-11(12(14)16-9)17(15)10-4-2-1-3-5-10/h1-5,9,11,13H,6-8H2/t9-,11?,17?/m1/s1. The molecule has 2 rings (SSSR count). The Morgan fingerprint density at radius 2 is 2.00 bits per heavy atom. The van der Waals surface area contributed by atoms with E-state index in [0.29, 0.717) is 12.8 Å². The average molecular weight is 301 g/mol. The first-order valence-corrected chi connectivity index (χ1v) is 8.04. The van der Waals surface area contributed by atoms with Crippen molar-refractivity contribution in [3.8, 4) is 0 Å². The molecule has 1 aliphatic heterocycles. The van der Waals surface area contributed by atoms with Crippen molar-refractivity contribution in [2.45, 2.75) is 23.8 Å². The molecule has 2 unspecified atom stereocenters. The van der Waals surface area contributed by atoms with Crippen LogP contribution in [-0.2, 0) is 13.4 Å². The van der Waals surface area contributed by atoms with Crippen LogP contribution in [0.15, 0.2) is 30.3 Å². The maximum absolute atomic E-state index is 12.3. The molecule has 1 aromatic rings. The summed E-state index contributed by atoms with van der Waals surface area (Å²) >= 11 is -2.40. The molecular weight excluding hydrogens is 287 g/mol. The van der Waals surface area contributed by atoms with Gasteiger partial charge in [-0.05, 0) is 0 Å². The van der Waals surface area contributed by atoms with Crippen molar-refractivity contribution in [3.63, 3.8) is 0 Å². The van der Waals surface area contributed by atoms with Gasteiger partial charge in [-0.1, -0.05) is 0 Å². The van der Waals surface area contributed by atoms with E-state index >= 15 is 0 Å². The molecule has 5 heteroatoms. The minimum absolute atomic E-state index is 0.159. The van der Waals surface area contributed by atoms with Crippen LogP contribution in [0.3, 0.4) is 0 Å². The van der Waals surface area contributed by atoms with Gasteiger partial charge in [-0.2, -0.15) is 0 Å². The SMILES string of the molecule is O=C1O[C@@H](CO)CCC1[Se](=O)c1ccccc1. The molecule has 0 spiro atoms. The third-order valence-electron chi connectivity index (χ3n) is 2.73. The van der Waals surface area contributed by atoms with Crippen LogP contribution in [0.4, 0.5) is 0 Å². The van der Waals surface area contributed by atoms with E-state index in [9.17, 15) is 8.63 Å². The fraction of sp³-hybridized carbons (Fsp3) is 0.417. The van der Waals surface area contributed by atoms with Gasteiger partial charge in [-0.25, -0.2) is 0 Å². The molecular formula is C12H14O4Se. The van der Waals surface area contributed by atoms with Crippen LogP contribution >= 0.6 is 0 Å². The summed E-state index contributed by atoms with van der Waals surface area (Å²) in [5.41, 5.74) is 0. The molecule has 0 radical (unpaired) electrons. The summed E-state index contributed by atoms with van der Waals surface area (Å²) in [7, 11) is 0. The molecule has 1 aliphatic rings. The molecule has 0 aliphatic carbocycles. The van der Waals surface area contributed by atoms with Crippen molar-refractivity contribution < 1.29 is 18.5 Å². The average Bonchev–Trinajstić information content (AvgIpc) is 2.39. The molecule has 0 saturated carbocycles. The first-order chi connectivity index (χ1) is 8.22. The number of esters is 1. The molecule has 92 valence electrons. The van der Waals surface area contributed by atoms with Crippen LogP contribution in [-0.4, -0.2) is 37.6 Å². The quantitative estimate of drug-likeness (QED) is 0.648. The van der Waals surface area contributed by atoms with E-state index in [1.54, 1.807) is 12.1 Å². The van der Waals surface area contributed by atoms with Gasteiger partial charge in [0.15, 0.2) is 0 Å². The normalized spacial score (nSPS) is 26.3. The maximum atomic E-state index is 12.3. The van der Waals surface area contributed by atoms with Gasteiger partial charge in [-0.15, -0.1) is 0 Å². The van der Waals surface area contributed by atoms with Crippen molar-refractivity contribution in [2.75, 3.05) is 6.61 Å².